The molecule has 1 aromatic carbocycles. The largest absolute Gasteiger partial charge is 0.649 e. The van der Waals surface area contributed by atoms with Crippen LogP contribution in [0.25, 0.3) is 0 Å². The Bertz CT molecular complexity index is 577. The van der Waals surface area contributed by atoms with Crippen molar-refractivity contribution in [1.82, 2.24) is 4.57 Å². The van der Waals surface area contributed by atoms with E-state index in [-0.39, 0.29) is 0 Å². The van der Waals surface area contributed by atoms with Gasteiger partial charge in [-0.3, -0.25) is 0 Å². The summed E-state index contributed by atoms with van der Waals surface area (Å²) in [5, 5.41) is 0. The Balaban J connectivity index is 1.37. The van der Waals surface area contributed by atoms with Gasteiger partial charge in [-0.25, -0.2) is 0 Å². The number of benzene rings is 1. The fourth-order valence-corrected chi connectivity index (χ4v) is 8.12. The fourth-order valence-electron chi connectivity index (χ4n) is 4.65. The lowest BCUT2D eigenvalue weighted by Gasteiger charge is -2.43. The summed E-state index contributed by atoms with van der Waals surface area (Å²) in [5.74, 6) is 4.40. The lowest BCUT2D eigenvalue weighted by Crippen LogP contribution is -2.58. The Hall–Kier alpha value is -1.26. The summed E-state index contributed by atoms with van der Waals surface area (Å²) in [5.41, 5.74) is 0. The summed E-state index contributed by atoms with van der Waals surface area (Å²) in [6.45, 7) is 2.32. The van der Waals surface area contributed by atoms with E-state index in [1.54, 1.807) is 0 Å². The van der Waals surface area contributed by atoms with Crippen molar-refractivity contribution in [3.8, 4) is 11.5 Å². The monoisotopic (exact) mass is 299 g/mol. The molecule has 2 fully saturated rings. The molecule has 0 amide bonds. The number of fused-ring (bicyclic) bond motifs is 3. The van der Waals surface area contributed by atoms with Crippen LogP contribution in [0, 0.1) is 17.8 Å². The van der Waals surface area contributed by atoms with Gasteiger partial charge in [-0.05, 0) is 55.8 Å². The first-order valence-corrected chi connectivity index (χ1v) is 10.2. The second-order valence-corrected chi connectivity index (χ2v) is 9.92. The van der Waals surface area contributed by atoms with Crippen molar-refractivity contribution in [1.29, 1.82) is 0 Å². The highest BCUT2D eigenvalue weighted by Gasteiger charge is 2.46. The highest BCUT2D eigenvalue weighted by Crippen LogP contribution is 2.47. The third kappa shape index (κ3) is 1.82. The second kappa shape index (κ2) is 4.37. The number of nitrogens with zero attached hydrogens (tertiary/aromatic N) is 1. The van der Waals surface area contributed by atoms with Crippen molar-refractivity contribution in [2.24, 2.45) is 17.8 Å². The van der Waals surface area contributed by atoms with Gasteiger partial charge >= 0.3 is 8.72 Å². The fraction of sp³-hybridized carbons (Fsp3) is 0.529. The molecular weight excluding hydrogens is 278 g/mol. The zero-order chi connectivity index (χ0) is 13.9. The molecule has 3 unspecified atom stereocenters. The van der Waals surface area contributed by atoms with Crippen molar-refractivity contribution in [2.45, 2.75) is 25.3 Å². The van der Waals surface area contributed by atoms with Gasteiger partial charge in [0.05, 0.1) is 0 Å². The van der Waals surface area contributed by atoms with Gasteiger partial charge in [-0.2, -0.15) is 0 Å². The Morgan fingerprint density at radius 1 is 1.10 bits per heavy atom. The van der Waals surface area contributed by atoms with Gasteiger partial charge in [0.1, 0.15) is 11.5 Å². The lowest BCUT2D eigenvalue weighted by molar-refractivity contribution is 0.262. The normalized spacial score (nSPS) is 35.1. The predicted molar refractivity (Wildman–Crippen MR) is 83.3 cm³/mol. The predicted octanol–water partition coefficient (Wildman–Crippen LogP) is 3.31. The molecule has 1 aromatic rings. The van der Waals surface area contributed by atoms with Gasteiger partial charge in [0.2, 0.25) is 0 Å². The summed E-state index contributed by atoms with van der Waals surface area (Å²) >= 11 is 0. The van der Waals surface area contributed by atoms with E-state index in [1.807, 2.05) is 24.3 Å². The van der Waals surface area contributed by atoms with E-state index < -0.39 is 8.72 Å². The van der Waals surface area contributed by atoms with Crippen molar-refractivity contribution in [2.75, 3.05) is 13.1 Å². The van der Waals surface area contributed by atoms with E-state index in [0.29, 0.717) is 0 Å². The summed E-state index contributed by atoms with van der Waals surface area (Å²) < 4.78 is 15.4. The minimum absolute atomic E-state index is 0.811. The number of hydrogen-bond acceptors (Lipinski definition) is 3. The van der Waals surface area contributed by atoms with Gasteiger partial charge in [-0.1, -0.05) is 36.7 Å². The Kier molecular flexibility index (Phi) is 2.56. The molecule has 3 atom stereocenters. The van der Waals surface area contributed by atoms with E-state index in [2.05, 4.69) is 16.7 Å². The molecule has 1 spiro atoms. The van der Waals surface area contributed by atoms with Gasteiger partial charge in [0.15, 0.2) is 0 Å². The number of rotatable bonds is 2. The number of hydrogen-bond donors (Lipinski definition) is 0. The molecule has 5 rings (SSSR count). The molecule has 0 aromatic heterocycles. The highest BCUT2D eigenvalue weighted by molar-refractivity contribution is 6.67. The van der Waals surface area contributed by atoms with Crippen LogP contribution in [0.1, 0.15) is 19.3 Å². The minimum atomic E-state index is -2.19. The third-order valence-corrected chi connectivity index (χ3v) is 9.09. The van der Waals surface area contributed by atoms with E-state index in [0.717, 1.165) is 41.8 Å². The van der Waals surface area contributed by atoms with E-state index >= 15 is 0 Å². The zero-order valence-corrected chi connectivity index (χ0v) is 13.2. The van der Waals surface area contributed by atoms with Crippen LogP contribution >= 0.6 is 0 Å². The van der Waals surface area contributed by atoms with Crippen molar-refractivity contribution in [3.63, 3.8) is 0 Å². The van der Waals surface area contributed by atoms with E-state index in [1.165, 1.54) is 25.8 Å². The summed E-state index contributed by atoms with van der Waals surface area (Å²) in [7, 11) is -2.19. The SMILES string of the molecule is C1=CC2CC1CC2CN1CCC[Si-]12Oc1ccccc1O2. The molecule has 2 aliphatic heterocycles. The van der Waals surface area contributed by atoms with Crippen LogP contribution in [0.2, 0.25) is 6.04 Å². The molecule has 4 aliphatic rings. The zero-order valence-electron chi connectivity index (χ0n) is 12.2. The Labute approximate surface area is 126 Å². The first-order chi connectivity index (χ1) is 10.3. The quantitative estimate of drug-likeness (QED) is 0.618. The second-order valence-electron chi connectivity index (χ2n) is 6.95. The summed E-state index contributed by atoms with van der Waals surface area (Å²) in [4.78, 5) is 0. The third-order valence-electron chi connectivity index (χ3n) is 5.66. The molecule has 3 nitrogen and oxygen atoms in total. The first-order valence-electron chi connectivity index (χ1n) is 8.23. The number of para-hydroxylation sites is 2. The average molecular weight is 299 g/mol. The topological polar surface area (TPSA) is 21.7 Å². The molecule has 1 saturated carbocycles. The van der Waals surface area contributed by atoms with Crippen LogP contribution in [0.3, 0.4) is 0 Å². The van der Waals surface area contributed by atoms with Crippen LogP contribution in [-0.2, 0) is 0 Å². The smallest absolute Gasteiger partial charge is 0.336 e. The standard InChI is InChI=1S/C17H21NO2Si/c1-2-5-17-16(4-1)19-21(20-17)9-3-8-18(21)12-15-11-13-6-7-14(15)10-13/h1-2,4-7,13-15H,3,8-12H2/q-1. The summed E-state index contributed by atoms with van der Waals surface area (Å²) in [6, 6.07) is 9.28. The van der Waals surface area contributed by atoms with E-state index in [4.69, 9.17) is 8.85 Å². The average Bonchev–Trinajstić information content (AvgIpc) is 3.24. The van der Waals surface area contributed by atoms with Crippen molar-refractivity contribution in [3.05, 3.63) is 36.4 Å². The van der Waals surface area contributed by atoms with Crippen LogP contribution in [0.5, 0.6) is 11.5 Å². The van der Waals surface area contributed by atoms with Gasteiger partial charge in [0, 0.05) is 0 Å². The Morgan fingerprint density at radius 3 is 2.57 bits per heavy atom. The van der Waals surface area contributed by atoms with Gasteiger partial charge in [-0.15, -0.1) is 0 Å². The molecule has 0 radical (unpaired) electrons. The molecule has 2 aliphatic carbocycles. The first kappa shape index (κ1) is 12.3. The molecule has 1 saturated heterocycles. The molecular formula is C17H21NO2Si-. The Morgan fingerprint density at radius 2 is 1.90 bits per heavy atom. The van der Waals surface area contributed by atoms with Crippen molar-refractivity contribution < 1.29 is 8.85 Å². The maximum atomic E-state index is 6.38. The maximum absolute atomic E-state index is 6.38. The van der Waals surface area contributed by atoms with Crippen LogP contribution in [0.4, 0.5) is 0 Å². The molecule has 2 heterocycles. The summed E-state index contributed by atoms with van der Waals surface area (Å²) in [6.07, 6.45) is 8.85. The van der Waals surface area contributed by atoms with E-state index in [9.17, 15) is 0 Å². The molecule has 0 N–H and O–H groups in total. The van der Waals surface area contributed by atoms with Gasteiger partial charge in [0.25, 0.3) is 0 Å². The molecule has 4 heteroatoms. The maximum Gasteiger partial charge on any atom is 0.336 e. The number of allylic oxidation sites excluding steroid dienone is 2. The van der Waals surface area contributed by atoms with Crippen LogP contribution in [0.15, 0.2) is 36.4 Å². The van der Waals surface area contributed by atoms with Crippen LogP contribution < -0.4 is 8.85 Å². The minimum Gasteiger partial charge on any atom is -0.649 e. The molecule has 111 valence electrons. The molecule has 21 heavy (non-hydrogen) atoms. The highest BCUT2D eigenvalue weighted by atomic mass is 28.4. The van der Waals surface area contributed by atoms with Crippen molar-refractivity contribution >= 4 is 8.72 Å². The van der Waals surface area contributed by atoms with Crippen LogP contribution in [-0.4, -0.2) is 26.4 Å². The van der Waals surface area contributed by atoms with Gasteiger partial charge < -0.3 is 13.4 Å². The molecule has 2 bridgehead atoms. The lowest BCUT2D eigenvalue weighted by atomic mass is 9.94.